The Morgan fingerprint density at radius 2 is 1.95 bits per heavy atom. The zero-order chi connectivity index (χ0) is 15.1. The summed E-state index contributed by atoms with van der Waals surface area (Å²) < 4.78 is 5.74. The van der Waals surface area contributed by atoms with Crippen LogP contribution in [0.3, 0.4) is 0 Å². The second-order valence-corrected chi connectivity index (χ2v) is 6.25. The number of nitrogens with one attached hydrogen (secondary N) is 1. The molecule has 1 atom stereocenters. The molecule has 0 amide bonds. The van der Waals surface area contributed by atoms with Crippen molar-refractivity contribution in [3.05, 3.63) is 51.7 Å². The number of aryl methyl sites for hydroxylation is 2. The van der Waals surface area contributed by atoms with E-state index in [0.29, 0.717) is 13.2 Å². The maximum atomic E-state index is 9.96. The second kappa shape index (κ2) is 8.17. The molecule has 2 rings (SSSR count). The molecule has 1 unspecified atom stereocenters. The molecule has 0 radical (unpaired) electrons. The normalized spacial score (nSPS) is 12.3. The van der Waals surface area contributed by atoms with Gasteiger partial charge in [0.15, 0.2) is 0 Å². The van der Waals surface area contributed by atoms with Crippen LogP contribution in [0.2, 0.25) is 0 Å². The minimum atomic E-state index is -0.493. The van der Waals surface area contributed by atoms with Crippen LogP contribution in [0.15, 0.2) is 35.7 Å². The fraction of sp³-hybridized carbons (Fsp3) is 0.412. The summed E-state index contributed by atoms with van der Waals surface area (Å²) in [7, 11) is 0. The van der Waals surface area contributed by atoms with Gasteiger partial charge in [-0.3, -0.25) is 0 Å². The van der Waals surface area contributed by atoms with Gasteiger partial charge in [-0.25, -0.2) is 0 Å². The van der Waals surface area contributed by atoms with E-state index in [1.807, 2.05) is 32.0 Å². The first-order valence-electron chi connectivity index (χ1n) is 7.27. The van der Waals surface area contributed by atoms with E-state index >= 15 is 0 Å². The highest BCUT2D eigenvalue weighted by atomic mass is 32.1. The molecule has 0 fully saturated rings. The Kier molecular flexibility index (Phi) is 6.23. The van der Waals surface area contributed by atoms with E-state index < -0.39 is 6.10 Å². The molecule has 21 heavy (non-hydrogen) atoms. The van der Waals surface area contributed by atoms with Crippen LogP contribution in [0.5, 0.6) is 5.75 Å². The molecule has 4 heteroatoms. The SMILES string of the molecule is Cc1cccc(C)c1OCC(O)CNCCc1cccs1. The summed E-state index contributed by atoms with van der Waals surface area (Å²) in [6.45, 7) is 5.79. The fourth-order valence-electron chi connectivity index (χ4n) is 2.20. The molecule has 0 saturated heterocycles. The van der Waals surface area contributed by atoms with E-state index in [1.54, 1.807) is 11.3 Å². The average molecular weight is 305 g/mol. The number of rotatable bonds is 8. The molecular weight excluding hydrogens is 282 g/mol. The van der Waals surface area contributed by atoms with Gasteiger partial charge in [0, 0.05) is 18.0 Å². The average Bonchev–Trinajstić information content (AvgIpc) is 2.96. The molecule has 3 nitrogen and oxygen atoms in total. The summed E-state index contributed by atoms with van der Waals surface area (Å²) in [4.78, 5) is 1.36. The van der Waals surface area contributed by atoms with Crippen LogP contribution in [-0.2, 0) is 6.42 Å². The molecule has 0 saturated carbocycles. The molecule has 0 bridgehead atoms. The quantitative estimate of drug-likeness (QED) is 0.737. The highest BCUT2D eigenvalue weighted by molar-refractivity contribution is 7.09. The van der Waals surface area contributed by atoms with Crippen LogP contribution in [0.25, 0.3) is 0 Å². The number of para-hydroxylation sites is 1. The van der Waals surface area contributed by atoms with Crippen LogP contribution >= 0.6 is 11.3 Å². The zero-order valence-electron chi connectivity index (χ0n) is 12.6. The van der Waals surface area contributed by atoms with Crippen molar-refractivity contribution in [2.75, 3.05) is 19.7 Å². The minimum absolute atomic E-state index is 0.317. The smallest absolute Gasteiger partial charge is 0.125 e. The lowest BCUT2D eigenvalue weighted by molar-refractivity contribution is 0.106. The van der Waals surface area contributed by atoms with Crippen LogP contribution in [-0.4, -0.2) is 30.9 Å². The Morgan fingerprint density at radius 1 is 1.19 bits per heavy atom. The molecule has 1 aromatic carbocycles. The van der Waals surface area contributed by atoms with E-state index in [1.165, 1.54) is 4.88 Å². The van der Waals surface area contributed by atoms with Gasteiger partial charge in [0.1, 0.15) is 18.5 Å². The predicted octanol–water partition coefficient (Wildman–Crippen LogP) is 2.94. The van der Waals surface area contributed by atoms with Gasteiger partial charge in [-0.05, 0) is 42.8 Å². The van der Waals surface area contributed by atoms with Crippen molar-refractivity contribution in [1.82, 2.24) is 5.32 Å². The number of thiophene rings is 1. The zero-order valence-corrected chi connectivity index (χ0v) is 13.5. The predicted molar refractivity (Wildman–Crippen MR) is 88.3 cm³/mol. The van der Waals surface area contributed by atoms with Crippen molar-refractivity contribution < 1.29 is 9.84 Å². The molecule has 0 aliphatic heterocycles. The molecule has 2 N–H and O–H groups in total. The van der Waals surface area contributed by atoms with Crippen LogP contribution in [0.1, 0.15) is 16.0 Å². The monoisotopic (exact) mass is 305 g/mol. The van der Waals surface area contributed by atoms with Gasteiger partial charge >= 0.3 is 0 Å². The summed E-state index contributed by atoms with van der Waals surface area (Å²) in [6.07, 6.45) is 0.509. The van der Waals surface area contributed by atoms with E-state index in [4.69, 9.17) is 4.74 Å². The Balaban J connectivity index is 1.66. The van der Waals surface area contributed by atoms with E-state index in [9.17, 15) is 5.11 Å². The van der Waals surface area contributed by atoms with Gasteiger partial charge in [-0.2, -0.15) is 0 Å². The summed E-state index contributed by atoms with van der Waals surface area (Å²) >= 11 is 1.77. The van der Waals surface area contributed by atoms with Gasteiger partial charge < -0.3 is 15.2 Å². The topological polar surface area (TPSA) is 41.5 Å². The number of hydrogen-bond donors (Lipinski definition) is 2. The van der Waals surface area contributed by atoms with Crippen LogP contribution in [0.4, 0.5) is 0 Å². The number of aliphatic hydroxyl groups excluding tert-OH is 1. The van der Waals surface area contributed by atoms with Crippen molar-refractivity contribution in [1.29, 1.82) is 0 Å². The summed E-state index contributed by atoms with van der Waals surface area (Å²) in [6, 6.07) is 10.3. The Labute approximate surface area is 130 Å². The van der Waals surface area contributed by atoms with Crippen molar-refractivity contribution in [2.45, 2.75) is 26.4 Å². The lowest BCUT2D eigenvalue weighted by Gasteiger charge is -2.16. The van der Waals surface area contributed by atoms with Crippen LogP contribution in [0, 0.1) is 13.8 Å². The molecule has 2 aromatic rings. The maximum Gasteiger partial charge on any atom is 0.125 e. The first kappa shape index (κ1) is 16.0. The van der Waals surface area contributed by atoms with Crippen molar-refractivity contribution >= 4 is 11.3 Å². The summed E-state index contributed by atoms with van der Waals surface area (Å²) in [5.74, 6) is 0.884. The van der Waals surface area contributed by atoms with Crippen molar-refractivity contribution in [3.8, 4) is 5.75 Å². The first-order chi connectivity index (χ1) is 10.2. The third-order valence-electron chi connectivity index (χ3n) is 3.34. The van der Waals surface area contributed by atoms with E-state index in [2.05, 4.69) is 22.8 Å². The standard InChI is InChI=1S/C17H23NO2S/c1-13-5-3-6-14(2)17(13)20-12-15(19)11-18-9-8-16-7-4-10-21-16/h3-7,10,15,18-19H,8-9,11-12H2,1-2H3. The van der Waals surface area contributed by atoms with Gasteiger partial charge in [0.25, 0.3) is 0 Å². The highest BCUT2D eigenvalue weighted by Gasteiger charge is 2.08. The Morgan fingerprint density at radius 3 is 2.62 bits per heavy atom. The number of benzene rings is 1. The van der Waals surface area contributed by atoms with Gasteiger partial charge in [0.2, 0.25) is 0 Å². The molecule has 114 valence electrons. The molecule has 1 aromatic heterocycles. The minimum Gasteiger partial charge on any atom is -0.490 e. The number of hydrogen-bond acceptors (Lipinski definition) is 4. The summed E-state index contributed by atoms with van der Waals surface area (Å²) in [5, 5.41) is 15.3. The maximum absolute atomic E-state index is 9.96. The Bertz CT molecular complexity index is 519. The van der Waals surface area contributed by atoms with Gasteiger partial charge in [-0.1, -0.05) is 24.3 Å². The van der Waals surface area contributed by atoms with Crippen molar-refractivity contribution in [3.63, 3.8) is 0 Å². The third-order valence-corrected chi connectivity index (χ3v) is 4.27. The molecular formula is C17H23NO2S. The lowest BCUT2D eigenvalue weighted by Crippen LogP contribution is -2.32. The van der Waals surface area contributed by atoms with E-state index in [0.717, 1.165) is 29.8 Å². The van der Waals surface area contributed by atoms with E-state index in [-0.39, 0.29) is 0 Å². The Hall–Kier alpha value is -1.36. The van der Waals surface area contributed by atoms with Crippen molar-refractivity contribution in [2.24, 2.45) is 0 Å². The molecule has 0 aliphatic carbocycles. The molecule has 0 aliphatic rings. The number of aliphatic hydroxyl groups is 1. The highest BCUT2D eigenvalue weighted by Crippen LogP contribution is 2.22. The van der Waals surface area contributed by atoms with Gasteiger partial charge in [-0.15, -0.1) is 11.3 Å². The van der Waals surface area contributed by atoms with Crippen LogP contribution < -0.4 is 10.1 Å². The first-order valence-corrected chi connectivity index (χ1v) is 8.15. The third kappa shape index (κ3) is 5.16. The largest absolute Gasteiger partial charge is 0.490 e. The molecule has 0 spiro atoms. The second-order valence-electron chi connectivity index (χ2n) is 5.22. The fourth-order valence-corrected chi connectivity index (χ4v) is 2.91. The number of ether oxygens (including phenoxy) is 1. The molecule has 1 heterocycles. The lowest BCUT2D eigenvalue weighted by atomic mass is 10.1. The van der Waals surface area contributed by atoms with Gasteiger partial charge in [0.05, 0.1) is 0 Å². The summed E-state index contributed by atoms with van der Waals surface area (Å²) in [5.41, 5.74) is 2.21.